The third kappa shape index (κ3) is 9.87. The first-order chi connectivity index (χ1) is 7.18. The molecule has 0 spiro atoms. The van der Waals surface area contributed by atoms with Gasteiger partial charge >= 0.3 is 76.2 Å². The van der Waals surface area contributed by atoms with Crippen LogP contribution < -0.4 is 0 Å². The maximum Gasteiger partial charge on any atom is -0.0140 e. The van der Waals surface area contributed by atoms with Gasteiger partial charge in [0.05, 0.1) is 0 Å². The van der Waals surface area contributed by atoms with Gasteiger partial charge in [-0.2, -0.15) is 0 Å². The van der Waals surface area contributed by atoms with Gasteiger partial charge in [-0.1, -0.05) is 0 Å². The van der Waals surface area contributed by atoms with Gasteiger partial charge < -0.3 is 4.90 Å². The number of allylic oxidation sites excluding steroid dienone is 8. The Labute approximate surface area is 126 Å². The van der Waals surface area contributed by atoms with Gasteiger partial charge in [-0.3, -0.25) is 0 Å². The Morgan fingerprint density at radius 2 is 1.24 bits per heavy atom. The summed E-state index contributed by atoms with van der Waals surface area (Å²) < 4.78 is 3.36. The summed E-state index contributed by atoms with van der Waals surface area (Å²) in [5, 5.41) is 0. The average Bonchev–Trinajstić information content (AvgIpc) is 2.76. The topological polar surface area (TPSA) is 3.24 Å². The Morgan fingerprint density at radius 1 is 0.882 bits per heavy atom. The van der Waals surface area contributed by atoms with Crippen molar-refractivity contribution in [2.75, 3.05) is 21.1 Å². The largest absolute Gasteiger partial charge is 0.312 e. The summed E-state index contributed by atoms with van der Waals surface area (Å²) in [7, 11) is 6.00. The monoisotopic (exact) mass is 309 g/mol. The number of nitrogens with zero attached hydrogens (tertiary/aromatic N) is 1. The van der Waals surface area contributed by atoms with Crippen LogP contribution in [0.3, 0.4) is 0 Å². The Kier molecular flexibility index (Phi) is 13.0. The molecule has 2 aliphatic carbocycles. The molecule has 0 aromatic heterocycles. The zero-order valence-corrected chi connectivity index (χ0v) is 13.8. The maximum absolute atomic E-state index is 2.29. The SMILES string of the molecule is C1=CC[C]([Ti][C]2=CC=CC2)=C1.CN(C)C.Cl.Cl. The quantitative estimate of drug-likeness (QED) is 0.702. The minimum Gasteiger partial charge on any atom is -0.312 e. The van der Waals surface area contributed by atoms with Crippen molar-refractivity contribution < 1.29 is 19.2 Å². The van der Waals surface area contributed by atoms with Gasteiger partial charge in [0.1, 0.15) is 0 Å². The standard InChI is InChI=1S/2C5H5.C3H9N.2ClH.Ti/c2*1-2-4-5-3-1;1-4(2)3;;;/h2*1-3H,4H2;1-3H3;2*1H;. The minimum atomic E-state index is 0. The average molecular weight is 310 g/mol. The van der Waals surface area contributed by atoms with Gasteiger partial charge in [-0.15, -0.1) is 24.8 Å². The summed E-state index contributed by atoms with van der Waals surface area (Å²) in [5.74, 6) is 0. The van der Waals surface area contributed by atoms with Crippen LogP contribution in [0, 0.1) is 0 Å². The van der Waals surface area contributed by atoms with Crippen LogP contribution in [0.4, 0.5) is 0 Å². The van der Waals surface area contributed by atoms with Gasteiger partial charge in [0.25, 0.3) is 0 Å². The van der Waals surface area contributed by atoms with Crippen LogP contribution in [0.1, 0.15) is 12.8 Å². The molecular formula is C13H21Cl2NTi. The van der Waals surface area contributed by atoms with Crippen LogP contribution in [-0.2, 0) is 19.2 Å². The maximum atomic E-state index is 2.29. The van der Waals surface area contributed by atoms with E-state index < -0.39 is 0 Å². The van der Waals surface area contributed by atoms with Crippen molar-refractivity contribution in [1.29, 1.82) is 0 Å². The predicted molar refractivity (Wildman–Crippen MR) is 77.8 cm³/mol. The van der Waals surface area contributed by atoms with Gasteiger partial charge in [0.2, 0.25) is 0 Å². The Morgan fingerprint density at radius 3 is 1.47 bits per heavy atom. The Bertz CT molecular complexity index is 287. The van der Waals surface area contributed by atoms with Gasteiger partial charge in [-0.05, 0) is 21.1 Å². The summed E-state index contributed by atoms with van der Waals surface area (Å²) in [4.78, 5) is 2.00. The van der Waals surface area contributed by atoms with E-state index in [0.717, 1.165) is 0 Å². The molecule has 0 aliphatic heterocycles. The third-order valence-corrected chi connectivity index (χ3v) is 4.02. The van der Waals surface area contributed by atoms with E-state index in [2.05, 4.69) is 36.5 Å². The molecule has 0 saturated carbocycles. The van der Waals surface area contributed by atoms with Crippen LogP contribution in [0.15, 0.2) is 44.2 Å². The second kappa shape index (κ2) is 11.3. The van der Waals surface area contributed by atoms with Crippen molar-refractivity contribution in [3.8, 4) is 0 Å². The molecule has 0 saturated heterocycles. The second-order valence-electron chi connectivity index (χ2n) is 4.12. The summed E-state index contributed by atoms with van der Waals surface area (Å²) in [5.41, 5.74) is 0. The molecule has 0 aromatic carbocycles. The molecule has 17 heavy (non-hydrogen) atoms. The molecule has 1 nitrogen and oxygen atoms in total. The summed E-state index contributed by atoms with van der Waals surface area (Å²) >= 11 is 0.0833. The molecule has 2 aliphatic rings. The van der Waals surface area contributed by atoms with E-state index in [0.29, 0.717) is 0 Å². The van der Waals surface area contributed by atoms with Crippen LogP contribution in [0.2, 0.25) is 0 Å². The van der Waals surface area contributed by atoms with E-state index in [9.17, 15) is 0 Å². The molecule has 0 bridgehead atoms. The fourth-order valence-corrected chi connectivity index (χ4v) is 3.18. The second-order valence-corrected chi connectivity index (χ2v) is 6.51. The predicted octanol–water partition coefficient (Wildman–Crippen LogP) is 3.78. The summed E-state index contributed by atoms with van der Waals surface area (Å²) in [6.07, 6.45) is 15.9. The molecular weight excluding hydrogens is 289 g/mol. The number of hydrogen-bond donors (Lipinski definition) is 0. The van der Waals surface area contributed by atoms with Crippen LogP contribution in [-0.4, -0.2) is 26.0 Å². The van der Waals surface area contributed by atoms with Crippen molar-refractivity contribution in [1.82, 2.24) is 4.90 Å². The van der Waals surface area contributed by atoms with Crippen molar-refractivity contribution in [3.63, 3.8) is 0 Å². The number of rotatable bonds is 2. The molecule has 0 radical (unpaired) electrons. The molecule has 2 rings (SSSR count). The van der Waals surface area contributed by atoms with E-state index in [-0.39, 0.29) is 44.0 Å². The van der Waals surface area contributed by atoms with Gasteiger partial charge in [0.15, 0.2) is 0 Å². The van der Waals surface area contributed by atoms with E-state index in [1.165, 1.54) is 12.8 Å². The zero-order chi connectivity index (χ0) is 11.1. The molecule has 0 heterocycles. The van der Waals surface area contributed by atoms with Gasteiger partial charge in [0, 0.05) is 0 Å². The third-order valence-electron chi connectivity index (χ3n) is 1.86. The summed E-state index contributed by atoms with van der Waals surface area (Å²) in [6, 6.07) is 0. The molecule has 4 heteroatoms. The van der Waals surface area contributed by atoms with E-state index in [1.807, 2.05) is 26.0 Å². The molecule has 0 unspecified atom stereocenters. The first-order valence-electron chi connectivity index (χ1n) is 5.28. The fraction of sp³-hybridized carbons (Fsp3) is 0.385. The van der Waals surface area contributed by atoms with Crippen molar-refractivity contribution in [3.05, 3.63) is 44.2 Å². The number of hydrogen-bond acceptors (Lipinski definition) is 1. The zero-order valence-electron chi connectivity index (χ0n) is 10.6. The van der Waals surface area contributed by atoms with E-state index in [1.54, 1.807) is 7.76 Å². The van der Waals surface area contributed by atoms with Crippen molar-refractivity contribution in [2.24, 2.45) is 0 Å². The van der Waals surface area contributed by atoms with Crippen LogP contribution in [0.25, 0.3) is 0 Å². The first-order valence-corrected chi connectivity index (χ1v) is 6.84. The van der Waals surface area contributed by atoms with Crippen molar-refractivity contribution >= 4 is 24.8 Å². The van der Waals surface area contributed by atoms with Crippen LogP contribution >= 0.6 is 24.8 Å². The van der Waals surface area contributed by atoms with Crippen molar-refractivity contribution in [2.45, 2.75) is 12.8 Å². The molecule has 0 amide bonds. The fourth-order valence-electron chi connectivity index (χ4n) is 1.29. The van der Waals surface area contributed by atoms with Crippen LogP contribution in [0.5, 0.6) is 0 Å². The number of halogens is 2. The first kappa shape index (κ1) is 19.6. The molecule has 96 valence electrons. The Hall–Kier alpha value is 0.214. The minimum absolute atomic E-state index is 0. The Balaban J connectivity index is 0. The molecule has 0 N–H and O–H groups in total. The smallest absolute Gasteiger partial charge is 0.0140 e. The van der Waals surface area contributed by atoms with Gasteiger partial charge in [-0.25, -0.2) is 0 Å². The summed E-state index contributed by atoms with van der Waals surface area (Å²) in [6.45, 7) is 0. The normalized spacial score (nSPS) is 15.3. The molecule has 0 fully saturated rings. The van der Waals surface area contributed by atoms with E-state index >= 15 is 0 Å². The van der Waals surface area contributed by atoms with E-state index in [4.69, 9.17) is 0 Å². The molecule has 0 atom stereocenters. The molecule has 0 aromatic rings.